The predicted molar refractivity (Wildman–Crippen MR) is 108 cm³/mol. The minimum atomic E-state index is 0.122. The van der Waals surface area contributed by atoms with Gasteiger partial charge in [-0.1, -0.05) is 12.1 Å². The lowest BCUT2D eigenvalue weighted by Gasteiger charge is -2.20. The third-order valence-corrected chi connectivity index (χ3v) is 5.06. The van der Waals surface area contributed by atoms with E-state index in [9.17, 15) is 0 Å². The largest absolute Gasteiger partial charge is 0.454 e. The molecule has 1 fully saturated rings. The van der Waals surface area contributed by atoms with Gasteiger partial charge in [-0.2, -0.15) is 0 Å². The number of hydrogen-bond donors (Lipinski definition) is 2. The van der Waals surface area contributed by atoms with Gasteiger partial charge in [0.1, 0.15) is 0 Å². The summed E-state index contributed by atoms with van der Waals surface area (Å²) in [5.74, 6) is 1.50. The second-order valence-electron chi connectivity index (χ2n) is 6.67. The Balaban J connectivity index is 1.35. The molecule has 2 aliphatic rings. The number of rotatable bonds is 4. The van der Waals surface area contributed by atoms with Gasteiger partial charge < -0.3 is 25.0 Å². The zero-order chi connectivity index (χ0) is 17.9. The van der Waals surface area contributed by atoms with Gasteiger partial charge in [-0.25, -0.2) is 0 Å². The number of fused-ring (bicyclic) bond motifs is 1. The standard InChI is InChI=1S/C20H23N3O2S/c1-14(15-4-7-17(8-5-15)23-10-2-3-11-23)21-20(26)22-16-6-9-18-19(12-16)25-13-24-18/h4-9,12,14H,2-3,10-11,13H2,1H3,(H2,21,22,26)/t14-/m0/s1. The number of nitrogens with one attached hydrogen (secondary N) is 2. The van der Waals surface area contributed by atoms with Gasteiger partial charge in [0.15, 0.2) is 16.6 Å². The third kappa shape index (κ3) is 3.70. The lowest BCUT2D eigenvalue weighted by Crippen LogP contribution is -2.30. The zero-order valence-corrected chi connectivity index (χ0v) is 15.6. The lowest BCUT2D eigenvalue weighted by molar-refractivity contribution is 0.174. The van der Waals surface area contributed by atoms with Gasteiger partial charge in [-0.05, 0) is 61.8 Å². The van der Waals surface area contributed by atoms with E-state index in [4.69, 9.17) is 21.7 Å². The van der Waals surface area contributed by atoms with E-state index in [1.165, 1.54) is 24.1 Å². The Hall–Kier alpha value is -2.47. The molecular weight excluding hydrogens is 346 g/mol. The van der Waals surface area contributed by atoms with Crippen LogP contribution in [-0.2, 0) is 0 Å². The number of nitrogens with zero attached hydrogens (tertiary/aromatic N) is 1. The highest BCUT2D eigenvalue weighted by molar-refractivity contribution is 7.80. The van der Waals surface area contributed by atoms with E-state index >= 15 is 0 Å². The summed E-state index contributed by atoms with van der Waals surface area (Å²) in [7, 11) is 0. The molecule has 0 bridgehead atoms. The van der Waals surface area contributed by atoms with E-state index < -0.39 is 0 Å². The smallest absolute Gasteiger partial charge is 0.231 e. The average molecular weight is 369 g/mol. The Kier molecular flexibility index (Phi) is 4.84. The van der Waals surface area contributed by atoms with Crippen molar-refractivity contribution in [2.75, 3.05) is 30.1 Å². The van der Waals surface area contributed by atoms with E-state index in [1.807, 2.05) is 18.2 Å². The van der Waals surface area contributed by atoms with Crippen molar-refractivity contribution in [2.45, 2.75) is 25.8 Å². The Bertz CT molecular complexity index is 788. The number of thiocarbonyl (C=S) groups is 1. The molecule has 0 amide bonds. The van der Waals surface area contributed by atoms with Gasteiger partial charge in [0, 0.05) is 30.5 Å². The normalized spacial score (nSPS) is 16.4. The van der Waals surface area contributed by atoms with Crippen molar-refractivity contribution < 1.29 is 9.47 Å². The molecule has 5 nitrogen and oxygen atoms in total. The van der Waals surface area contributed by atoms with E-state index in [-0.39, 0.29) is 12.8 Å². The summed E-state index contributed by atoms with van der Waals surface area (Å²) in [4.78, 5) is 2.44. The first-order chi connectivity index (χ1) is 12.7. The topological polar surface area (TPSA) is 45.8 Å². The van der Waals surface area contributed by atoms with Crippen LogP contribution in [0.3, 0.4) is 0 Å². The quantitative estimate of drug-likeness (QED) is 0.793. The van der Waals surface area contributed by atoms with E-state index in [2.05, 4.69) is 46.7 Å². The SMILES string of the molecule is C[C@H](NC(=S)Nc1ccc2c(c1)OCO2)c1ccc(N2CCCC2)cc1. The van der Waals surface area contributed by atoms with Crippen LogP contribution in [0.15, 0.2) is 42.5 Å². The van der Waals surface area contributed by atoms with Gasteiger partial charge in [-0.15, -0.1) is 0 Å². The summed E-state index contributed by atoms with van der Waals surface area (Å²) in [6.07, 6.45) is 2.58. The first kappa shape index (κ1) is 17.0. The van der Waals surface area contributed by atoms with Crippen molar-refractivity contribution in [1.82, 2.24) is 5.32 Å². The number of anilines is 2. The Morgan fingerprint density at radius 2 is 1.77 bits per heavy atom. The minimum absolute atomic E-state index is 0.122. The molecule has 2 aromatic rings. The molecule has 6 heteroatoms. The monoisotopic (exact) mass is 369 g/mol. The molecule has 1 atom stereocenters. The van der Waals surface area contributed by atoms with Crippen LogP contribution in [0.5, 0.6) is 11.5 Å². The van der Waals surface area contributed by atoms with E-state index in [0.717, 1.165) is 30.3 Å². The summed E-state index contributed by atoms with van der Waals surface area (Å²) in [5.41, 5.74) is 3.39. The number of benzene rings is 2. The second kappa shape index (κ2) is 7.41. The van der Waals surface area contributed by atoms with Gasteiger partial charge in [-0.3, -0.25) is 0 Å². The number of ether oxygens (including phenoxy) is 2. The maximum atomic E-state index is 5.45. The molecule has 26 heavy (non-hydrogen) atoms. The minimum Gasteiger partial charge on any atom is -0.454 e. The predicted octanol–water partition coefficient (Wildman–Crippen LogP) is 4.06. The maximum absolute atomic E-state index is 5.45. The molecule has 2 aliphatic heterocycles. The van der Waals surface area contributed by atoms with Crippen LogP contribution < -0.4 is 25.0 Å². The Morgan fingerprint density at radius 3 is 2.54 bits per heavy atom. The molecule has 4 rings (SSSR count). The first-order valence-corrected chi connectivity index (χ1v) is 9.42. The lowest BCUT2D eigenvalue weighted by atomic mass is 10.1. The Morgan fingerprint density at radius 1 is 1.04 bits per heavy atom. The van der Waals surface area contributed by atoms with Crippen LogP contribution in [0.25, 0.3) is 0 Å². The van der Waals surface area contributed by atoms with E-state index in [0.29, 0.717) is 5.11 Å². The fourth-order valence-electron chi connectivity index (χ4n) is 3.37. The summed E-state index contributed by atoms with van der Waals surface area (Å²) < 4.78 is 10.7. The molecule has 0 unspecified atom stereocenters. The highest BCUT2D eigenvalue weighted by atomic mass is 32.1. The molecule has 0 aromatic heterocycles. The molecule has 2 N–H and O–H groups in total. The molecule has 2 aromatic carbocycles. The van der Waals surface area contributed by atoms with Crippen LogP contribution in [0.2, 0.25) is 0 Å². The summed E-state index contributed by atoms with van der Waals surface area (Å²) in [5, 5.41) is 7.12. The maximum Gasteiger partial charge on any atom is 0.231 e. The second-order valence-corrected chi connectivity index (χ2v) is 7.08. The third-order valence-electron chi connectivity index (χ3n) is 4.84. The fraction of sp³-hybridized carbons (Fsp3) is 0.350. The molecule has 0 radical (unpaired) electrons. The molecule has 2 heterocycles. The summed E-state index contributed by atoms with van der Waals surface area (Å²) in [6, 6.07) is 14.6. The van der Waals surface area contributed by atoms with Crippen LogP contribution in [-0.4, -0.2) is 25.0 Å². The molecule has 1 saturated heterocycles. The molecule has 0 spiro atoms. The fourth-order valence-corrected chi connectivity index (χ4v) is 3.67. The van der Waals surface area contributed by atoms with Crippen molar-refractivity contribution in [2.24, 2.45) is 0 Å². The first-order valence-electron chi connectivity index (χ1n) is 9.01. The van der Waals surface area contributed by atoms with E-state index in [1.54, 1.807) is 0 Å². The van der Waals surface area contributed by atoms with Crippen LogP contribution in [0.1, 0.15) is 31.4 Å². The van der Waals surface area contributed by atoms with Crippen LogP contribution >= 0.6 is 12.2 Å². The highest BCUT2D eigenvalue weighted by Gasteiger charge is 2.15. The van der Waals surface area contributed by atoms with Crippen molar-refractivity contribution in [3.05, 3.63) is 48.0 Å². The molecule has 0 aliphatic carbocycles. The highest BCUT2D eigenvalue weighted by Crippen LogP contribution is 2.34. The van der Waals surface area contributed by atoms with Crippen LogP contribution in [0, 0.1) is 0 Å². The van der Waals surface area contributed by atoms with Gasteiger partial charge in [0.25, 0.3) is 0 Å². The average Bonchev–Trinajstić information content (AvgIpc) is 3.33. The summed E-state index contributed by atoms with van der Waals surface area (Å²) in [6.45, 7) is 4.71. The molecule has 136 valence electrons. The number of hydrogen-bond acceptors (Lipinski definition) is 4. The van der Waals surface area contributed by atoms with Gasteiger partial charge in [0.2, 0.25) is 6.79 Å². The van der Waals surface area contributed by atoms with Gasteiger partial charge >= 0.3 is 0 Å². The van der Waals surface area contributed by atoms with Crippen LogP contribution in [0.4, 0.5) is 11.4 Å². The zero-order valence-electron chi connectivity index (χ0n) is 14.8. The van der Waals surface area contributed by atoms with Gasteiger partial charge in [0.05, 0.1) is 6.04 Å². The molecule has 0 saturated carbocycles. The molecular formula is C20H23N3O2S. The van der Waals surface area contributed by atoms with Crippen molar-refractivity contribution >= 4 is 28.7 Å². The van der Waals surface area contributed by atoms with Crippen molar-refractivity contribution in [1.29, 1.82) is 0 Å². The van der Waals surface area contributed by atoms with Crippen molar-refractivity contribution in [3.8, 4) is 11.5 Å². The Labute approximate surface area is 159 Å². The van der Waals surface area contributed by atoms with Crippen molar-refractivity contribution in [3.63, 3.8) is 0 Å². The summed E-state index contributed by atoms with van der Waals surface area (Å²) >= 11 is 5.45.